The fourth-order valence-electron chi connectivity index (χ4n) is 1.27. The molecule has 0 spiro atoms. The Labute approximate surface area is 99.5 Å². The van der Waals surface area contributed by atoms with Gasteiger partial charge in [-0.2, -0.15) is 0 Å². The number of thioether (sulfide) groups is 1. The zero-order valence-electron chi connectivity index (χ0n) is 9.00. The molecular formula is C13H12N2S. The second kappa shape index (κ2) is 5.47. The van der Waals surface area contributed by atoms with Gasteiger partial charge >= 0.3 is 0 Å². The Morgan fingerprint density at radius 2 is 1.81 bits per heavy atom. The van der Waals surface area contributed by atoms with Crippen molar-refractivity contribution in [1.29, 1.82) is 0 Å². The fraction of sp³-hybridized carbons (Fsp3) is 0.0769. The third-order valence-electron chi connectivity index (χ3n) is 1.93. The molecule has 1 aromatic carbocycles. The highest BCUT2D eigenvalue weighted by molar-refractivity contribution is 8.13. The van der Waals surface area contributed by atoms with E-state index in [1.54, 1.807) is 18.0 Å². The zero-order chi connectivity index (χ0) is 11.2. The highest BCUT2D eigenvalue weighted by atomic mass is 32.2. The van der Waals surface area contributed by atoms with Crippen LogP contribution in [0.25, 0.3) is 0 Å². The maximum Gasteiger partial charge on any atom is 0.102 e. The molecule has 0 fully saturated rings. The molecule has 1 aromatic heterocycles. The first-order valence-electron chi connectivity index (χ1n) is 5.04. The second-order valence-corrected chi connectivity index (χ2v) is 4.45. The summed E-state index contributed by atoms with van der Waals surface area (Å²) in [4.78, 5) is 8.74. The molecule has 1 heterocycles. The summed E-state index contributed by atoms with van der Waals surface area (Å²) in [6, 6.07) is 15.8. The lowest BCUT2D eigenvalue weighted by atomic mass is 10.3. The Balaban J connectivity index is 2.09. The minimum absolute atomic E-state index is 0.972. The van der Waals surface area contributed by atoms with Crippen LogP contribution in [0.2, 0.25) is 0 Å². The SMILES string of the molecule is CC(=Nc1ccccc1)Sc1ccccn1. The minimum Gasteiger partial charge on any atom is -0.250 e. The summed E-state index contributed by atoms with van der Waals surface area (Å²) in [5.74, 6) is 0. The molecule has 2 rings (SSSR count). The summed E-state index contributed by atoms with van der Waals surface area (Å²) in [5, 5.41) is 1.96. The summed E-state index contributed by atoms with van der Waals surface area (Å²) < 4.78 is 0. The molecule has 0 radical (unpaired) electrons. The van der Waals surface area contributed by atoms with Crippen molar-refractivity contribution in [2.24, 2.45) is 4.99 Å². The molecule has 0 N–H and O–H groups in total. The molecule has 0 saturated carbocycles. The summed E-state index contributed by atoms with van der Waals surface area (Å²) >= 11 is 1.58. The van der Waals surface area contributed by atoms with E-state index < -0.39 is 0 Å². The molecule has 0 aliphatic rings. The van der Waals surface area contributed by atoms with Gasteiger partial charge in [-0.25, -0.2) is 9.98 Å². The number of nitrogens with zero attached hydrogens (tertiary/aromatic N) is 2. The predicted octanol–water partition coefficient (Wildman–Crippen LogP) is 3.92. The molecule has 2 aromatic rings. The maximum atomic E-state index is 4.49. The van der Waals surface area contributed by atoms with Crippen LogP contribution in [0.1, 0.15) is 6.92 Å². The topological polar surface area (TPSA) is 25.2 Å². The average Bonchev–Trinajstić information content (AvgIpc) is 2.31. The number of aliphatic imine (C=N–C) groups is 1. The molecule has 0 aliphatic heterocycles. The van der Waals surface area contributed by atoms with Gasteiger partial charge in [0.1, 0.15) is 5.03 Å². The molecule has 16 heavy (non-hydrogen) atoms. The van der Waals surface area contributed by atoms with E-state index in [1.807, 2.05) is 55.5 Å². The number of para-hydroxylation sites is 1. The lowest BCUT2D eigenvalue weighted by Crippen LogP contribution is -1.85. The van der Waals surface area contributed by atoms with Gasteiger partial charge in [0.2, 0.25) is 0 Å². The first-order valence-corrected chi connectivity index (χ1v) is 5.85. The Morgan fingerprint density at radius 3 is 2.50 bits per heavy atom. The third-order valence-corrected chi connectivity index (χ3v) is 2.77. The first-order chi connectivity index (χ1) is 7.84. The van der Waals surface area contributed by atoms with Crippen LogP contribution in [0.15, 0.2) is 64.7 Å². The number of rotatable bonds is 2. The quantitative estimate of drug-likeness (QED) is 0.442. The van der Waals surface area contributed by atoms with Crippen molar-refractivity contribution in [1.82, 2.24) is 4.98 Å². The molecule has 0 amide bonds. The average molecular weight is 228 g/mol. The molecule has 3 heteroatoms. The standard InChI is InChI=1S/C13H12N2S/c1-11(15-12-7-3-2-4-8-12)16-13-9-5-6-10-14-13/h2-10H,1H3. The van der Waals surface area contributed by atoms with Gasteiger partial charge in [-0.3, -0.25) is 0 Å². The van der Waals surface area contributed by atoms with Gasteiger partial charge in [-0.05, 0) is 31.2 Å². The van der Waals surface area contributed by atoms with Gasteiger partial charge in [0.05, 0.1) is 10.7 Å². The normalized spacial score (nSPS) is 11.4. The number of hydrogen-bond donors (Lipinski definition) is 0. The van der Waals surface area contributed by atoms with Crippen molar-refractivity contribution in [3.05, 3.63) is 54.7 Å². The monoisotopic (exact) mass is 228 g/mol. The van der Waals surface area contributed by atoms with Crippen LogP contribution in [0.4, 0.5) is 5.69 Å². The van der Waals surface area contributed by atoms with Crippen LogP contribution < -0.4 is 0 Å². The molecule has 0 atom stereocenters. The molecule has 0 bridgehead atoms. The van der Waals surface area contributed by atoms with E-state index in [2.05, 4.69) is 9.98 Å². The molecule has 0 unspecified atom stereocenters. The largest absolute Gasteiger partial charge is 0.250 e. The van der Waals surface area contributed by atoms with Gasteiger partial charge in [-0.1, -0.05) is 36.0 Å². The van der Waals surface area contributed by atoms with Crippen molar-refractivity contribution in [3.63, 3.8) is 0 Å². The van der Waals surface area contributed by atoms with Crippen molar-refractivity contribution >= 4 is 22.5 Å². The zero-order valence-corrected chi connectivity index (χ0v) is 9.82. The van der Waals surface area contributed by atoms with Gasteiger partial charge in [0, 0.05) is 6.20 Å². The van der Waals surface area contributed by atoms with E-state index in [-0.39, 0.29) is 0 Å². The minimum atomic E-state index is 0.972. The van der Waals surface area contributed by atoms with E-state index in [9.17, 15) is 0 Å². The van der Waals surface area contributed by atoms with Crippen molar-refractivity contribution in [3.8, 4) is 0 Å². The second-order valence-electron chi connectivity index (χ2n) is 3.24. The Morgan fingerprint density at radius 1 is 1.06 bits per heavy atom. The summed E-state index contributed by atoms with van der Waals surface area (Å²) in [6.07, 6.45) is 1.79. The smallest absolute Gasteiger partial charge is 0.102 e. The maximum absolute atomic E-state index is 4.49. The van der Waals surface area contributed by atoms with Crippen LogP contribution in [0.3, 0.4) is 0 Å². The molecule has 80 valence electrons. The van der Waals surface area contributed by atoms with Gasteiger partial charge in [0.25, 0.3) is 0 Å². The van der Waals surface area contributed by atoms with E-state index in [0.717, 1.165) is 15.8 Å². The van der Waals surface area contributed by atoms with E-state index in [0.29, 0.717) is 0 Å². The van der Waals surface area contributed by atoms with E-state index >= 15 is 0 Å². The number of hydrogen-bond acceptors (Lipinski definition) is 3. The Hall–Kier alpha value is -1.61. The fourth-order valence-corrected chi connectivity index (χ4v) is 1.98. The van der Waals surface area contributed by atoms with Crippen molar-refractivity contribution in [2.75, 3.05) is 0 Å². The van der Waals surface area contributed by atoms with Crippen LogP contribution in [0.5, 0.6) is 0 Å². The molecule has 0 saturated heterocycles. The highest BCUT2D eigenvalue weighted by Gasteiger charge is 1.97. The first kappa shape index (κ1) is 10.9. The number of pyridine rings is 1. The lowest BCUT2D eigenvalue weighted by molar-refractivity contribution is 1.14. The number of benzene rings is 1. The third kappa shape index (κ3) is 3.21. The van der Waals surface area contributed by atoms with Crippen molar-refractivity contribution < 1.29 is 0 Å². The van der Waals surface area contributed by atoms with Crippen LogP contribution >= 0.6 is 11.8 Å². The summed E-state index contributed by atoms with van der Waals surface area (Å²) in [7, 11) is 0. The van der Waals surface area contributed by atoms with Crippen LogP contribution in [0, 0.1) is 0 Å². The molecule has 2 nitrogen and oxygen atoms in total. The van der Waals surface area contributed by atoms with Gasteiger partial charge in [0.15, 0.2) is 0 Å². The highest BCUT2D eigenvalue weighted by Crippen LogP contribution is 2.19. The van der Waals surface area contributed by atoms with Crippen molar-refractivity contribution in [2.45, 2.75) is 11.9 Å². The van der Waals surface area contributed by atoms with Gasteiger partial charge < -0.3 is 0 Å². The predicted molar refractivity (Wildman–Crippen MR) is 69.3 cm³/mol. The van der Waals surface area contributed by atoms with E-state index in [4.69, 9.17) is 0 Å². The Kier molecular flexibility index (Phi) is 3.72. The molecule has 0 aliphatic carbocycles. The summed E-state index contributed by atoms with van der Waals surface area (Å²) in [6.45, 7) is 1.99. The van der Waals surface area contributed by atoms with Gasteiger partial charge in [-0.15, -0.1) is 0 Å². The Bertz CT molecular complexity index is 466. The molecular weight excluding hydrogens is 216 g/mol. The van der Waals surface area contributed by atoms with Crippen LogP contribution in [-0.2, 0) is 0 Å². The number of aromatic nitrogens is 1. The van der Waals surface area contributed by atoms with Crippen LogP contribution in [-0.4, -0.2) is 10.0 Å². The lowest BCUT2D eigenvalue weighted by Gasteiger charge is -1.99. The van der Waals surface area contributed by atoms with E-state index in [1.165, 1.54) is 0 Å². The summed E-state index contributed by atoms with van der Waals surface area (Å²) in [5.41, 5.74) is 0.975.